The number of nitrogens with one attached hydrogen (secondary N) is 1. The van der Waals surface area contributed by atoms with Crippen LogP contribution in [-0.4, -0.2) is 62.9 Å². The van der Waals surface area contributed by atoms with Gasteiger partial charge in [0, 0.05) is 44.5 Å². The number of sulfonamides is 1. The average Bonchev–Trinajstić information content (AvgIpc) is 2.78. The molecule has 158 valence electrons. The number of anilines is 1. The molecule has 1 aliphatic rings. The molecule has 2 heterocycles. The number of methoxy groups -OCH3 is 1. The summed E-state index contributed by atoms with van der Waals surface area (Å²) in [6.07, 6.45) is 1.43. The van der Waals surface area contributed by atoms with Gasteiger partial charge in [-0.3, -0.25) is 0 Å². The normalized spacial score (nSPS) is 15.9. The first-order valence-electron chi connectivity index (χ1n) is 9.92. The molecule has 4 rings (SSSR count). The van der Waals surface area contributed by atoms with E-state index in [0.29, 0.717) is 25.5 Å². The van der Waals surface area contributed by atoms with Crippen molar-refractivity contribution in [3.05, 3.63) is 60.3 Å². The van der Waals surface area contributed by atoms with Crippen LogP contribution in [0.3, 0.4) is 0 Å². The number of hydrogen-bond acceptors (Lipinski definition) is 6. The number of nitrogens with zero attached hydrogens (tertiary/aromatic N) is 3. The van der Waals surface area contributed by atoms with Crippen molar-refractivity contribution in [3.8, 4) is 5.75 Å². The Balaban J connectivity index is 1.50. The lowest BCUT2D eigenvalue weighted by Gasteiger charge is -2.31. The predicted octanol–water partition coefficient (Wildman–Crippen LogP) is 2.79. The molecule has 0 atom stereocenters. The number of ether oxygens (including phenoxy) is 1. The highest BCUT2D eigenvalue weighted by Gasteiger charge is 2.27. The molecule has 0 radical (unpaired) electrons. The van der Waals surface area contributed by atoms with Gasteiger partial charge in [-0.05, 0) is 36.0 Å². The fourth-order valence-electron chi connectivity index (χ4n) is 3.68. The molecule has 0 bridgehead atoms. The molecule has 1 fully saturated rings. The van der Waals surface area contributed by atoms with Gasteiger partial charge in [-0.15, -0.1) is 0 Å². The Morgan fingerprint density at radius 3 is 2.50 bits per heavy atom. The van der Waals surface area contributed by atoms with E-state index in [1.165, 1.54) is 10.5 Å². The van der Waals surface area contributed by atoms with Gasteiger partial charge in [0.15, 0.2) is 0 Å². The van der Waals surface area contributed by atoms with Crippen molar-refractivity contribution in [1.82, 2.24) is 14.2 Å². The first-order chi connectivity index (χ1) is 14.5. The lowest BCUT2D eigenvalue weighted by atomic mass is 10.0. The summed E-state index contributed by atoms with van der Waals surface area (Å²) >= 11 is 0. The minimum Gasteiger partial charge on any atom is -0.496 e. The maximum absolute atomic E-state index is 12.8. The molecule has 3 aromatic rings. The Morgan fingerprint density at radius 2 is 1.80 bits per heavy atom. The number of pyridine rings is 1. The molecule has 1 aromatic heterocycles. The van der Waals surface area contributed by atoms with E-state index in [0.717, 1.165) is 35.2 Å². The molecule has 0 amide bonds. The van der Waals surface area contributed by atoms with E-state index in [1.54, 1.807) is 19.2 Å². The zero-order chi connectivity index (χ0) is 21.1. The van der Waals surface area contributed by atoms with E-state index >= 15 is 0 Å². The number of aromatic nitrogens is 1. The lowest BCUT2D eigenvalue weighted by molar-refractivity contribution is 0.222. The van der Waals surface area contributed by atoms with Gasteiger partial charge in [0.2, 0.25) is 10.0 Å². The first kappa shape index (κ1) is 20.6. The summed E-state index contributed by atoms with van der Waals surface area (Å²) < 4.78 is 32.7. The number of piperazine rings is 1. The highest BCUT2D eigenvalue weighted by molar-refractivity contribution is 7.89. The van der Waals surface area contributed by atoms with Crippen LogP contribution in [0.4, 0.5) is 5.82 Å². The highest BCUT2D eigenvalue weighted by atomic mass is 32.2. The maximum Gasteiger partial charge on any atom is 0.244 e. The van der Waals surface area contributed by atoms with E-state index in [9.17, 15) is 8.42 Å². The van der Waals surface area contributed by atoms with E-state index in [-0.39, 0.29) is 4.90 Å². The van der Waals surface area contributed by atoms with Crippen LogP contribution in [0.1, 0.15) is 5.56 Å². The molecule has 1 saturated heterocycles. The van der Waals surface area contributed by atoms with Crippen LogP contribution in [0.15, 0.2) is 59.6 Å². The molecule has 0 unspecified atom stereocenters. The van der Waals surface area contributed by atoms with Crippen LogP contribution in [0.25, 0.3) is 10.8 Å². The maximum atomic E-state index is 12.8. The summed E-state index contributed by atoms with van der Waals surface area (Å²) in [5.41, 5.74) is 1.03. The predicted molar refractivity (Wildman–Crippen MR) is 118 cm³/mol. The van der Waals surface area contributed by atoms with Crippen LogP contribution in [0, 0.1) is 0 Å². The summed E-state index contributed by atoms with van der Waals surface area (Å²) in [6, 6.07) is 15.5. The van der Waals surface area contributed by atoms with Gasteiger partial charge in [0.1, 0.15) is 16.5 Å². The monoisotopic (exact) mass is 426 g/mol. The third-order valence-electron chi connectivity index (χ3n) is 5.50. The SMILES string of the molecule is COc1ccc2ccccc2c1CNc1ccc(S(=O)(=O)N2CCN(C)CC2)cn1. The van der Waals surface area contributed by atoms with Crippen LogP contribution in [-0.2, 0) is 16.6 Å². The molecule has 0 saturated carbocycles. The Labute approximate surface area is 177 Å². The number of rotatable bonds is 6. The number of fused-ring (bicyclic) bond motifs is 1. The third kappa shape index (κ3) is 4.12. The van der Waals surface area contributed by atoms with E-state index in [2.05, 4.69) is 27.3 Å². The molecule has 7 nitrogen and oxygen atoms in total. The molecule has 0 aliphatic carbocycles. The molecule has 0 spiro atoms. The van der Waals surface area contributed by atoms with Crippen LogP contribution in [0.5, 0.6) is 5.75 Å². The van der Waals surface area contributed by atoms with Crippen molar-refractivity contribution in [2.75, 3.05) is 45.7 Å². The van der Waals surface area contributed by atoms with Crippen molar-refractivity contribution >= 4 is 26.6 Å². The van der Waals surface area contributed by atoms with Gasteiger partial charge in [-0.1, -0.05) is 30.3 Å². The van der Waals surface area contributed by atoms with Gasteiger partial charge in [0.25, 0.3) is 0 Å². The second kappa shape index (κ2) is 8.59. The van der Waals surface area contributed by atoms with Crippen molar-refractivity contribution < 1.29 is 13.2 Å². The van der Waals surface area contributed by atoms with Crippen molar-refractivity contribution in [1.29, 1.82) is 0 Å². The zero-order valence-corrected chi connectivity index (χ0v) is 18.0. The lowest BCUT2D eigenvalue weighted by Crippen LogP contribution is -2.47. The van der Waals surface area contributed by atoms with Gasteiger partial charge in [0.05, 0.1) is 7.11 Å². The second-order valence-corrected chi connectivity index (χ2v) is 9.35. The van der Waals surface area contributed by atoms with Gasteiger partial charge >= 0.3 is 0 Å². The Kier molecular flexibility index (Phi) is 5.90. The minimum absolute atomic E-state index is 0.223. The quantitative estimate of drug-likeness (QED) is 0.653. The van der Waals surface area contributed by atoms with Crippen molar-refractivity contribution in [2.45, 2.75) is 11.4 Å². The molecule has 2 aromatic carbocycles. The standard InChI is InChI=1S/C22H26N4O3S/c1-25-11-13-26(14-12-25)30(27,28)18-8-10-22(23-15-18)24-16-20-19-6-4-3-5-17(19)7-9-21(20)29-2/h3-10,15H,11-14,16H2,1-2H3,(H,23,24). The Hall–Kier alpha value is -2.68. The largest absolute Gasteiger partial charge is 0.496 e. The summed E-state index contributed by atoms with van der Waals surface area (Å²) in [7, 11) is 0.141. The topological polar surface area (TPSA) is 74.8 Å². The fraction of sp³-hybridized carbons (Fsp3) is 0.318. The highest BCUT2D eigenvalue weighted by Crippen LogP contribution is 2.28. The molecular formula is C22H26N4O3S. The van der Waals surface area contributed by atoms with E-state index in [1.807, 2.05) is 31.3 Å². The Morgan fingerprint density at radius 1 is 1.03 bits per heavy atom. The number of benzene rings is 2. The summed E-state index contributed by atoms with van der Waals surface area (Å²) in [6.45, 7) is 2.99. The van der Waals surface area contributed by atoms with Crippen LogP contribution < -0.4 is 10.1 Å². The van der Waals surface area contributed by atoms with Crippen LogP contribution >= 0.6 is 0 Å². The average molecular weight is 427 g/mol. The third-order valence-corrected chi connectivity index (χ3v) is 7.38. The molecule has 8 heteroatoms. The van der Waals surface area contributed by atoms with Gasteiger partial charge in [-0.25, -0.2) is 13.4 Å². The zero-order valence-electron chi connectivity index (χ0n) is 17.2. The smallest absolute Gasteiger partial charge is 0.244 e. The Bertz CT molecular complexity index is 1120. The molecule has 1 aliphatic heterocycles. The summed E-state index contributed by atoms with van der Waals surface area (Å²) in [4.78, 5) is 6.68. The number of hydrogen-bond donors (Lipinski definition) is 1. The van der Waals surface area contributed by atoms with Gasteiger partial charge < -0.3 is 15.0 Å². The van der Waals surface area contributed by atoms with E-state index < -0.39 is 10.0 Å². The summed E-state index contributed by atoms with van der Waals surface area (Å²) in [5.74, 6) is 1.41. The molecule has 1 N–H and O–H groups in total. The number of likely N-dealkylation sites (N-methyl/N-ethyl adjacent to an activating group) is 1. The van der Waals surface area contributed by atoms with Crippen LogP contribution in [0.2, 0.25) is 0 Å². The van der Waals surface area contributed by atoms with Crippen molar-refractivity contribution in [2.24, 2.45) is 0 Å². The fourth-order valence-corrected chi connectivity index (χ4v) is 5.05. The van der Waals surface area contributed by atoms with Gasteiger partial charge in [-0.2, -0.15) is 4.31 Å². The molecule has 30 heavy (non-hydrogen) atoms. The second-order valence-electron chi connectivity index (χ2n) is 7.41. The minimum atomic E-state index is -3.51. The summed E-state index contributed by atoms with van der Waals surface area (Å²) in [5, 5.41) is 5.53. The first-order valence-corrected chi connectivity index (χ1v) is 11.4. The van der Waals surface area contributed by atoms with E-state index in [4.69, 9.17) is 4.74 Å². The van der Waals surface area contributed by atoms with Crippen molar-refractivity contribution in [3.63, 3.8) is 0 Å². The molecular weight excluding hydrogens is 400 g/mol.